The molecule has 0 radical (unpaired) electrons. The molecule has 0 spiro atoms. The first-order chi connectivity index (χ1) is 9.93. The molecule has 0 saturated carbocycles. The Kier molecular flexibility index (Phi) is 5.28. The van der Waals surface area contributed by atoms with E-state index >= 15 is 0 Å². The SMILES string of the molecule is CC(CO)NC(=O)Nc1cc(C(F)(F)F)cc(C(F)(F)F)c1. The van der Waals surface area contributed by atoms with Crippen LogP contribution in [-0.2, 0) is 12.4 Å². The first-order valence-corrected chi connectivity index (χ1v) is 5.91. The molecular formula is C12H12F6N2O2. The lowest BCUT2D eigenvalue weighted by atomic mass is 10.1. The fraction of sp³-hybridized carbons (Fsp3) is 0.417. The molecule has 0 aliphatic carbocycles. The molecule has 22 heavy (non-hydrogen) atoms. The number of carbonyl (C=O) groups excluding carboxylic acids is 1. The Morgan fingerprint density at radius 2 is 1.55 bits per heavy atom. The third kappa shape index (κ3) is 5.10. The average Bonchev–Trinajstić information content (AvgIpc) is 2.35. The van der Waals surface area contributed by atoms with E-state index < -0.39 is 47.8 Å². The van der Waals surface area contributed by atoms with Crippen LogP contribution in [0.25, 0.3) is 0 Å². The number of amides is 2. The number of aliphatic hydroxyl groups excluding tert-OH is 1. The minimum absolute atomic E-state index is 0.0422. The fourth-order valence-corrected chi connectivity index (χ4v) is 1.46. The van der Waals surface area contributed by atoms with Gasteiger partial charge >= 0.3 is 18.4 Å². The number of anilines is 1. The van der Waals surface area contributed by atoms with Gasteiger partial charge in [0.05, 0.1) is 23.8 Å². The highest BCUT2D eigenvalue weighted by Gasteiger charge is 2.37. The normalized spacial score (nSPS) is 13.6. The summed E-state index contributed by atoms with van der Waals surface area (Å²) in [6.07, 6.45) is -9.99. The predicted molar refractivity (Wildman–Crippen MR) is 65.1 cm³/mol. The van der Waals surface area contributed by atoms with Crippen LogP contribution in [0, 0.1) is 0 Å². The Labute approximate surface area is 121 Å². The molecule has 0 aliphatic heterocycles. The van der Waals surface area contributed by atoms with Crippen LogP contribution in [-0.4, -0.2) is 23.8 Å². The molecule has 0 aliphatic rings. The molecule has 10 heteroatoms. The van der Waals surface area contributed by atoms with Gasteiger partial charge in [0.25, 0.3) is 0 Å². The number of hydrogen-bond donors (Lipinski definition) is 3. The summed E-state index contributed by atoms with van der Waals surface area (Å²) in [5.74, 6) is 0. The highest BCUT2D eigenvalue weighted by atomic mass is 19.4. The average molecular weight is 330 g/mol. The van der Waals surface area contributed by atoms with Crippen molar-refractivity contribution in [3.63, 3.8) is 0 Å². The number of halogens is 6. The van der Waals surface area contributed by atoms with Crippen molar-refractivity contribution in [2.75, 3.05) is 11.9 Å². The van der Waals surface area contributed by atoms with E-state index in [1.165, 1.54) is 6.92 Å². The molecule has 1 unspecified atom stereocenters. The third-order valence-electron chi connectivity index (χ3n) is 2.50. The molecular weight excluding hydrogens is 318 g/mol. The van der Waals surface area contributed by atoms with Gasteiger partial charge in [0.1, 0.15) is 0 Å². The van der Waals surface area contributed by atoms with E-state index in [0.29, 0.717) is 12.1 Å². The number of rotatable bonds is 3. The van der Waals surface area contributed by atoms with E-state index in [1.807, 2.05) is 5.32 Å². The molecule has 0 aromatic heterocycles. The second-order valence-corrected chi connectivity index (χ2v) is 4.48. The maximum atomic E-state index is 12.6. The first-order valence-electron chi connectivity index (χ1n) is 5.91. The fourth-order valence-electron chi connectivity index (χ4n) is 1.46. The molecule has 3 N–H and O–H groups in total. The molecule has 0 fully saturated rings. The van der Waals surface area contributed by atoms with Crippen LogP contribution >= 0.6 is 0 Å². The van der Waals surface area contributed by atoms with Gasteiger partial charge in [-0.1, -0.05) is 0 Å². The molecule has 1 aromatic carbocycles. The van der Waals surface area contributed by atoms with Crippen LogP contribution in [0.2, 0.25) is 0 Å². The lowest BCUT2D eigenvalue weighted by molar-refractivity contribution is -0.143. The molecule has 1 atom stereocenters. The van der Waals surface area contributed by atoms with Crippen LogP contribution in [0.1, 0.15) is 18.1 Å². The topological polar surface area (TPSA) is 61.4 Å². The highest BCUT2D eigenvalue weighted by Crippen LogP contribution is 2.37. The standard InChI is InChI=1S/C12H12F6N2O2/c1-6(5-21)19-10(22)20-9-3-7(11(13,14)15)2-8(4-9)12(16,17)18/h2-4,6,21H,5H2,1H3,(H2,19,20,22). The van der Waals surface area contributed by atoms with Crippen molar-refractivity contribution in [3.05, 3.63) is 29.3 Å². The number of urea groups is 1. The lowest BCUT2D eigenvalue weighted by Crippen LogP contribution is -2.38. The smallest absolute Gasteiger partial charge is 0.394 e. The third-order valence-corrected chi connectivity index (χ3v) is 2.50. The van der Waals surface area contributed by atoms with E-state index in [0.717, 1.165) is 0 Å². The van der Waals surface area contributed by atoms with Gasteiger partial charge in [-0.2, -0.15) is 26.3 Å². The largest absolute Gasteiger partial charge is 0.416 e. The molecule has 0 heterocycles. The van der Waals surface area contributed by atoms with Gasteiger partial charge in [0.2, 0.25) is 0 Å². The van der Waals surface area contributed by atoms with Gasteiger partial charge in [-0.15, -0.1) is 0 Å². The quantitative estimate of drug-likeness (QED) is 0.745. The van der Waals surface area contributed by atoms with Gasteiger partial charge in [-0.05, 0) is 25.1 Å². The lowest BCUT2D eigenvalue weighted by Gasteiger charge is -2.16. The minimum Gasteiger partial charge on any atom is -0.394 e. The second kappa shape index (κ2) is 6.42. The van der Waals surface area contributed by atoms with E-state index in [1.54, 1.807) is 0 Å². The molecule has 1 rings (SSSR count). The zero-order chi connectivity index (χ0) is 17.1. The van der Waals surface area contributed by atoms with Crippen molar-refractivity contribution < 1.29 is 36.2 Å². The first kappa shape index (κ1) is 18.1. The van der Waals surface area contributed by atoms with E-state index in [-0.39, 0.29) is 6.07 Å². The van der Waals surface area contributed by atoms with Crippen LogP contribution in [0.3, 0.4) is 0 Å². The zero-order valence-corrected chi connectivity index (χ0v) is 11.1. The van der Waals surface area contributed by atoms with Crippen molar-refractivity contribution >= 4 is 11.7 Å². The summed E-state index contributed by atoms with van der Waals surface area (Å²) in [6.45, 7) is 0.955. The van der Waals surface area contributed by atoms with Crippen molar-refractivity contribution in [2.45, 2.75) is 25.3 Å². The number of benzene rings is 1. The Morgan fingerprint density at radius 1 is 1.09 bits per heavy atom. The number of carbonyl (C=O) groups is 1. The number of hydrogen-bond acceptors (Lipinski definition) is 2. The second-order valence-electron chi connectivity index (χ2n) is 4.48. The van der Waals surface area contributed by atoms with Gasteiger partial charge in [0.15, 0.2) is 0 Å². The molecule has 0 bridgehead atoms. The van der Waals surface area contributed by atoms with E-state index in [2.05, 4.69) is 5.32 Å². The van der Waals surface area contributed by atoms with Gasteiger partial charge in [0, 0.05) is 5.69 Å². The summed E-state index contributed by atoms with van der Waals surface area (Å²) in [7, 11) is 0. The summed E-state index contributed by atoms with van der Waals surface area (Å²) >= 11 is 0. The Morgan fingerprint density at radius 3 is 1.91 bits per heavy atom. The van der Waals surface area contributed by atoms with Crippen molar-refractivity contribution in [1.82, 2.24) is 5.32 Å². The molecule has 1 aromatic rings. The van der Waals surface area contributed by atoms with Gasteiger partial charge < -0.3 is 15.7 Å². The summed E-state index contributed by atoms with van der Waals surface area (Å²) < 4.78 is 75.7. The van der Waals surface area contributed by atoms with Crippen LogP contribution in [0.15, 0.2) is 18.2 Å². The molecule has 4 nitrogen and oxygen atoms in total. The number of alkyl halides is 6. The maximum absolute atomic E-state index is 12.6. The summed E-state index contributed by atoms with van der Waals surface area (Å²) in [5.41, 5.74) is -3.73. The molecule has 124 valence electrons. The zero-order valence-electron chi connectivity index (χ0n) is 11.1. The minimum atomic E-state index is -4.99. The summed E-state index contributed by atoms with van der Waals surface area (Å²) in [4.78, 5) is 11.4. The van der Waals surface area contributed by atoms with Gasteiger partial charge in [-0.3, -0.25) is 0 Å². The van der Waals surface area contributed by atoms with E-state index in [4.69, 9.17) is 5.11 Å². The predicted octanol–water partition coefficient (Wildman–Crippen LogP) is 3.23. The Bertz CT molecular complexity index is 509. The number of nitrogens with one attached hydrogen (secondary N) is 2. The Balaban J connectivity index is 3.11. The number of aliphatic hydroxyl groups is 1. The van der Waals surface area contributed by atoms with Crippen molar-refractivity contribution in [3.8, 4) is 0 Å². The van der Waals surface area contributed by atoms with Crippen LogP contribution < -0.4 is 10.6 Å². The Hall–Kier alpha value is -1.97. The molecule has 0 saturated heterocycles. The monoisotopic (exact) mass is 330 g/mol. The van der Waals surface area contributed by atoms with Crippen molar-refractivity contribution in [2.24, 2.45) is 0 Å². The summed E-state index contributed by atoms with van der Waals surface area (Å²) in [6, 6.07) is -1.02. The van der Waals surface area contributed by atoms with Crippen LogP contribution in [0.4, 0.5) is 36.8 Å². The van der Waals surface area contributed by atoms with Crippen molar-refractivity contribution in [1.29, 1.82) is 0 Å². The van der Waals surface area contributed by atoms with Gasteiger partial charge in [-0.25, -0.2) is 4.79 Å². The summed E-state index contributed by atoms with van der Waals surface area (Å²) in [5, 5.41) is 12.7. The highest BCUT2D eigenvalue weighted by molar-refractivity contribution is 5.89. The molecule has 2 amide bonds. The van der Waals surface area contributed by atoms with Crippen LogP contribution in [0.5, 0.6) is 0 Å². The van der Waals surface area contributed by atoms with E-state index in [9.17, 15) is 31.1 Å². The maximum Gasteiger partial charge on any atom is 0.416 e.